The van der Waals surface area contributed by atoms with Crippen LogP contribution in [0.2, 0.25) is 0 Å². The van der Waals surface area contributed by atoms with Crippen molar-refractivity contribution in [3.8, 4) is 6.07 Å². The Morgan fingerprint density at radius 3 is 2.35 bits per heavy atom. The van der Waals surface area contributed by atoms with Gasteiger partial charge in [-0.25, -0.2) is 0 Å². The molecule has 0 aliphatic carbocycles. The molecule has 0 unspecified atom stereocenters. The molecule has 5 heteroatoms. The second kappa shape index (κ2) is 5.39. The van der Waals surface area contributed by atoms with E-state index in [9.17, 15) is 13.2 Å². The molecule has 0 aliphatic rings. The number of halogens is 3. The van der Waals surface area contributed by atoms with E-state index in [1.54, 1.807) is 6.07 Å². The van der Waals surface area contributed by atoms with Crippen molar-refractivity contribution in [2.75, 3.05) is 0 Å². The Bertz CT molecular complexity index is 438. The SMILES string of the molecule is N#CC=C(N)CCc1ccc(C(F)(F)F)cc1. The third-order valence-electron chi connectivity index (χ3n) is 2.23. The van der Waals surface area contributed by atoms with E-state index in [2.05, 4.69) is 0 Å². The summed E-state index contributed by atoms with van der Waals surface area (Å²) in [5.41, 5.74) is 6.01. The van der Waals surface area contributed by atoms with Gasteiger partial charge in [-0.2, -0.15) is 18.4 Å². The molecule has 0 amide bonds. The zero-order valence-electron chi connectivity index (χ0n) is 8.96. The van der Waals surface area contributed by atoms with Crippen LogP contribution in [-0.2, 0) is 12.6 Å². The number of hydrogen-bond acceptors (Lipinski definition) is 2. The summed E-state index contributed by atoms with van der Waals surface area (Å²) in [5.74, 6) is 0. The standard InChI is InChI=1S/C12H11F3N2/c13-12(14,15)10-4-1-9(2-5-10)3-6-11(17)7-8-16/h1-2,4-5,7H,3,6,17H2. The van der Waals surface area contributed by atoms with E-state index < -0.39 is 11.7 Å². The molecule has 0 heterocycles. The second-order valence-corrected chi connectivity index (χ2v) is 3.54. The lowest BCUT2D eigenvalue weighted by Gasteiger charge is -2.07. The smallest absolute Gasteiger partial charge is 0.401 e. The lowest BCUT2D eigenvalue weighted by Crippen LogP contribution is -2.05. The number of alkyl halides is 3. The molecule has 0 saturated carbocycles. The maximum absolute atomic E-state index is 12.3. The zero-order valence-corrected chi connectivity index (χ0v) is 8.96. The van der Waals surface area contributed by atoms with Gasteiger partial charge in [-0.15, -0.1) is 0 Å². The summed E-state index contributed by atoms with van der Waals surface area (Å²) in [6, 6.07) is 6.72. The maximum Gasteiger partial charge on any atom is 0.416 e. The molecule has 1 aromatic carbocycles. The Morgan fingerprint density at radius 1 is 1.29 bits per heavy atom. The highest BCUT2D eigenvalue weighted by Gasteiger charge is 2.29. The topological polar surface area (TPSA) is 49.8 Å². The van der Waals surface area contributed by atoms with Crippen molar-refractivity contribution in [3.63, 3.8) is 0 Å². The molecule has 0 bridgehead atoms. The summed E-state index contributed by atoms with van der Waals surface area (Å²) in [7, 11) is 0. The van der Waals surface area contributed by atoms with Gasteiger partial charge in [0, 0.05) is 11.8 Å². The van der Waals surface area contributed by atoms with Gasteiger partial charge in [0.2, 0.25) is 0 Å². The average Bonchev–Trinajstić information content (AvgIpc) is 2.26. The largest absolute Gasteiger partial charge is 0.416 e. The Balaban J connectivity index is 2.64. The van der Waals surface area contributed by atoms with Gasteiger partial charge >= 0.3 is 6.18 Å². The second-order valence-electron chi connectivity index (χ2n) is 3.54. The third kappa shape index (κ3) is 4.19. The van der Waals surface area contributed by atoms with Crippen LogP contribution in [-0.4, -0.2) is 0 Å². The third-order valence-corrected chi connectivity index (χ3v) is 2.23. The highest BCUT2D eigenvalue weighted by Crippen LogP contribution is 2.29. The van der Waals surface area contributed by atoms with Gasteiger partial charge in [0.1, 0.15) is 0 Å². The van der Waals surface area contributed by atoms with Gasteiger partial charge < -0.3 is 5.73 Å². The minimum atomic E-state index is -4.31. The monoisotopic (exact) mass is 240 g/mol. The minimum absolute atomic E-state index is 0.424. The van der Waals surface area contributed by atoms with Gasteiger partial charge in [-0.3, -0.25) is 0 Å². The van der Waals surface area contributed by atoms with Crippen LogP contribution in [0, 0.1) is 11.3 Å². The molecule has 0 fully saturated rings. The van der Waals surface area contributed by atoms with Crippen molar-refractivity contribution in [1.29, 1.82) is 5.26 Å². The number of hydrogen-bond donors (Lipinski definition) is 1. The molecule has 0 atom stereocenters. The quantitative estimate of drug-likeness (QED) is 0.825. The molecule has 0 saturated heterocycles. The summed E-state index contributed by atoms with van der Waals surface area (Å²) in [6.07, 6.45) is -2.11. The van der Waals surface area contributed by atoms with E-state index in [-0.39, 0.29) is 0 Å². The Kier molecular flexibility index (Phi) is 4.16. The molecule has 2 nitrogen and oxygen atoms in total. The van der Waals surface area contributed by atoms with Gasteiger partial charge in [0.25, 0.3) is 0 Å². The molecule has 0 radical (unpaired) electrons. The van der Waals surface area contributed by atoms with Crippen LogP contribution in [0.1, 0.15) is 17.5 Å². The lowest BCUT2D eigenvalue weighted by molar-refractivity contribution is -0.137. The number of rotatable bonds is 3. The molecular formula is C12H11F3N2. The minimum Gasteiger partial charge on any atom is -0.401 e. The summed E-state index contributed by atoms with van der Waals surface area (Å²) in [4.78, 5) is 0. The first-order valence-electron chi connectivity index (χ1n) is 4.94. The van der Waals surface area contributed by atoms with Crippen molar-refractivity contribution in [2.45, 2.75) is 19.0 Å². The summed E-state index contributed by atoms with van der Waals surface area (Å²) in [6.45, 7) is 0. The Labute approximate surface area is 97.2 Å². The van der Waals surface area contributed by atoms with Crippen molar-refractivity contribution in [3.05, 3.63) is 47.2 Å². The van der Waals surface area contributed by atoms with Crippen molar-refractivity contribution in [1.82, 2.24) is 0 Å². The maximum atomic E-state index is 12.3. The van der Waals surface area contributed by atoms with Crippen LogP contribution in [0.25, 0.3) is 0 Å². The zero-order chi connectivity index (χ0) is 12.9. The molecule has 0 aromatic heterocycles. The van der Waals surface area contributed by atoms with E-state index >= 15 is 0 Å². The number of aryl methyl sites for hydroxylation is 1. The van der Waals surface area contributed by atoms with E-state index in [1.807, 2.05) is 0 Å². The number of nitriles is 1. The highest BCUT2D eigenvalue weighted by molar-refractivity contribution is 5.25. The van der Waals surface area contributed by atoms with E-state index in [0.717, 1.165) is 17.7 Å². The van der Waals surface area contributed by atoms with Gasteiger partial charge in [0.15, 0.2) is 0 Å². The van der Waals surface area contributed by atoms with Crippen LogP contribution >= 0.6 is 0 Å². The Morgan fingerprint density at radius 2 is 1.88 bits per heavy atom. The van der Waals surface area contributed by atoms with E-state index in [1.165, 1.54) is 18.2 Å². The predicted molar refractivity (Wildman–Crippen MR) is 57.6 cm³/mol. The average molecular weight is 240 g/mol. The number of nitrogens with zero attached hydrogens (tertiary/aromatic N) is 1. The van der Waals surface area contributed by atoms with Crippen molar-refractivity contribution >= 4 is 0 Å². The van der Waals surface area contributed by atoms with Gasteiger partial charge in [-0.1, -0.05) is 12.1 Å². The molecule has 1 aromatic rings. The van der Waals surface area contributed by atoms with Gasteiger partial charge in [0.05, 0.1) is 11.6 Å². The van der Waals surface area contributed by atoms with Gasteiger partial charge in [-0.05, 0) is 30.5 Å². The highest BCUT2D eigenvalue weighted by atomic mass is 19.4. The molecule has 90 valence electrons. The van der Waals surface area contributed by atoms with E-state index in [0.29, 0.717) is 18.5 Å². The van der Waals surface area contributed by atoms with Crippen molar-refractivity contribution in [2.24, 2.45) is 5.73 Å². The first-order chi connectivity index (χ1) is 7.93. The first kappa shape index (κ1) is 13.1. The Hall–Kier alpha value is -1.96. The number of benzene rings is 1. The molecule has 2 N–H and O–H groups in total. The van der Waals surface area contributed by atoms with Crippen LogP contribution in [0.5, 0.6) is 0 Å². The molecule has 0 aliphatic heterocycles. The van der Waals surface area contributed by atoms with Crippen LogP contribution in [0.4, 0.5) is 13.2 Å². The van der Waals surface area contributed by atoms with Crippen LogP contribution in [0.3, 0.4) is 0 Å². The molecule has 17 heavy (non-hydrogen) atoms. The van der Waals surface area contributed by atoms with E-state index in [4.69, 9.17) is 11.0 Å². The summed E-state index contributed by atoms with van der Waals surface area (Å²) >= 11 is 0. The van der Waals surface area contributed by atoms with Crippen molar-refractivity contribution < 1.29 is 13.2 Å². The molecule has 1 rings (SSSR count). The van der Waals surface area contributed by atoms with Crippen LogP contribution < -0.4 is 5.73 Å². The number of nitrogens with two attached hydrogens (primary N) is 1. The fraction of sp³-hybridized carbons (Fsp3) is 0.250. The fourth-order valence-corrected chi connectivity index (χ4v) is 1.30. The first-order valence-corrected chi connectivity index (χ1v) is 4.94. The van der Waals surface area contributed by atoms with Crippen LogP contribution in [0.15, 0.2) is 36.0 Å². The molecule has 0 spiro atoms. The molecular weight excluding hydrogens is 229 g/mol. The summed E-state index contributed by atoms with van der Waals surface area (Å²) in [5, 5.41) is 8.33. The number of allylic oxidation sites excluding steroid dienone is 2. The fourth-order valence-electron chi connectivity index (χ4n) is 1.30. The summed E-state index contributed by atoms with van der Waals surface area (Å²) < 4.78 is 36.8. The lowest BCUT2D eigenvalue weighted by atomic mass is 10.1. The predicted octanol–water partition coefficient (Wildman–Crippen LogP) is 3.00. The normalized spacial score (nSPS) is 12.2.